The van der Waals surface area contributed by atoms with E-state index in [2.05, 4.69) is 16.6 Å². The van der Waals surface area contributed by atoms with Crippen LogP contribution in [0.4, 0.5) is 0 Å². The topological polar surface area (TPSA) is 79.1 Å². The average Bonchev–Trinajstić information content (AvgIpc) is 3.55. The number of aryl methyl sites for hydroxylation is 2. The third-order valence-corrected chi connectivity index (χ3v) is 6.82. The van der Waals surface area contributed by atoms with E-state index in [1.54, 1.807) is 13.2 Å². The second-order valence-electron chi connectivity index (χ2n) is 9.45. The van der Waals surface area contributed by atoms with Crippen molar-refractivity contribution in [1.29, 1.82) is 0 Å². The predicted molar refractivity (Wildman–Crippen MR) is 148 cm³/mol. The monoisotopic (exact) mass is 510 g/mol. The Morgan fingerprint density at radius 2 is 1.71 bits per heavy atom. The van der Waals surface area contributed by atoms with E-state index in [1.807, 2.05) is 67.6 Å². The van der Waals surface area contributed by atoms with Gasteiger partial charge in [-0.2, -0.15) is 0 Å². The molecule has 0 saturated heterocycles. The first kappa shape index (κ1) is 25.3. The molecule has 5 rings (SSSR count). The average molecular weight is 511 g/mol. The van der Waals surface area contributed by atoms with E-state index in [1.165, 1.54) is 6.92 Å². The number of ether oxygens (including phenoxy) is 2. The highest BCUT2D eigenvalue weighted by Gasteiger charge is 2.18. The molecule has 0 aliphatic carbocycles. The normalized spacial score (nSPS) is 15.2. The molecule has 1 aliphatic rings. The molecule has 7 heteroatoms. The summed E-state index contributed by atoms with van der Waals surface area (Å²) in [5.74, 6) is 0.209. The maximum Gasteiger partial charge on any atom is 0.331 e. The molecule has 0 N–H and O–H groups in total. The van der Waals surface area contributed by atoms with Crippen LogP contribution in [-0.4, -0.2) is 34.7 Å². The molecule has 0 amide bonds. The second-order valence-corrected chi connectivity index (χ2v) is 9.45. The lowest BCUT2D eigenvalue weighted by molar-refractivity contribution is -0.140. The van der Waals surface area contributed by atoms with E-state index in [-0.39, 0.29) is 11.9 Å². The first-order chi connectivity index (χ1) is 18.4. The number of nitrogens with zero attached hydrogens (tertiary/aromatic N) is 2. The number of aromatic nitrogens is 1. The van der Waals surface area contributed by atoms with E-state index >= 15 is 0 Å². The summed E-state index contributed by atoms with van der Waals surface area (Å²) in [6.45, 7) is 8.39. The predicted octanol–water partition coefficient (Wildman–Crippen LogP) is 6.32. The summed E-state index contributed by atoms with van der Waals surface area (Å²) in [6.07, 6.45) is 4.56. The van der Waals surface area contributed by atoms with E-state index in [4.69, 9.17) is 14.3 Å². The summed E-state index contributed by atoms with van der Waals surface area (Å²) in [5, 5.41) is 5.92. The number of rotatable bonds is 8. The molecule has 0 fully saturated rings. The summed E-state index contributed by atoms with van der Waals surface area (Å²) in [6, 6.07) is 17.4. The molecule has 2 heterocycles. The van der Waals surface area contributed by atoms with Gasteiger partial charge in [-0.1, -0.05) is 11.2 Å². The lowest BCUT2D eigenvalue weighted by Gasteiger charge is -2.13. The zero-order valence-corrected chi connectivity index (χ0v) is 22.0. The number of fused-ring (bicyclic) bond motifs is 3. The van der Waals surface area contributed by atoms with Gasteiger partial charge in [0.25, 0.3) is 0 Å². The van der Waals surface area contributed by atoms with Crippen molar-refractivity contribution < 1.29 is 23.9 Å². The maximum absolute atomic E-state index is 13.6. The van der Waals surface area contributed by atoms with Crippen molar-refractivity contribution in [2.75, 3.05) is 6.61 Å². The number of ketones is 1. The molecule has 7 nitrogen and oxygen atoms in total. The van der Waals surface area contributed by atoms with Gasteiger partial charge in [0.1, 0.15) is 18.5 Å². The van der Waals surface area contributed by atoms with Crippen LogP contribution in [0.1, 0.15) is 54.2 Å². The van der Waals surface area contributed by atoms with Crippen LogP contribution in [0.5, 0.6) is 5.75 Å². The van der Waals surface area contributed by atoms with Gasteiger partial charge in [0.2, 0.25) is 0 Å². The number of carbonyl (C=O) groups is 2. The molecule has 0 spiro atoms. The lowest BCUT2D eigenvalue weighted by Crippen LogP contribution is -2.16. The van der Waals surface area contributed by atoms with Crippen molar-refractivity contribution in [2.24, 2.45) is 5.16 Å². The van der Waals surface area contributed by atoms with E-state index in [0.29, 0.717) is 29.2 Å². The Morgan fingerprint density at radius 1 is 1.00 bits per heavy atom. The van der Waals surface area contributed by atoms with E-state index in [0.717, 1.165) is 45.9 Å². The van der Waals surface area contributed by atoms with Crippen molar-refractivity contribution in [2.45, 2.75) is 46.8 Å². The van der Waals surface area contributed by atoms with Crippen molar-refractivity contribution in [3.8, 4) is 5.75 Å². The molecule has 38 heavy (non-hydrogen) atoms. The molecule has 0 saturated carbocycles. The van der Waals surface area contributed by atoms with Gasteiger partial charge in [-0.15, -0.1) is 0 Å². The Kier molecular flexibility index (Phi) is 7.01. The van der Waals surface area contributed by atoms with Gasteiger partial charge in [-0.3, -0.25) is 4.79 Å². The fraction of sp³-hybridized carbons (Fsp3) is 0.258. The highest BCUT2D eigenvalue weighted by molar-refractivity contribution is 6.16. The van der Waals surface area contributed by atoms with Crippen LogP contribution < -0.4 is 4.74 Å². The Bertz CT molecular complexity index is 1600. The smallest absolute Gasteiger partial charge is 0.331 e. The minimum Gasteiger partial charge on any atom is -0.494 e. The zero-order chi connectivity index (χ0) is 26.8. The first-order valence-corrected chi connectivity index (χ1v) is 12.7. The number of hydrogen-bond donors (Lipinski definition) is 0. The Morgan fingerprint density at radius 3 is 2.34 bits per heavy atom. The van der Waals surface area contributed by atoms with Crippen molar-refractivity contribution in [1.82, 2.24) is 4.57 Å². The Balaban J connectivity index is 1.48. The highest BCUT2D eigenvalue weighted by Crippen LogP contribution is 2.32. The number of carbonyl (C=O) groups excluding carboxylic acids is 2. The van der Waals surface area contributed by atoms with Crippen LogP contribution in [0.2, 0.25) is 0 Å². The van der Waals surface area contributed by atoms with E-state index in [9.17, 15) is 9.59 Å². The molecule has 1 unspecified atom stereocenters. The molecular weight excluding hydrogens is 480 g/mol. The maximum atomic E-state index is 13.6. The molecule has 3 aromatic carbocycles. The minimum atomic E-state index is -0.466. The van der Waals surface area contributed by atoms with Gasteiger partial charge < -0.3 is 18.9 Å². The molecular formula is C31H30N2O5. The third kappa shape index (κ3) is 4.92. The summed E-state index contributed by atoms with van der Waals surface area (Å²) >= 11 is 0. The van der Waals surface area contributed by atoms with Gasteiger partial charge in [-0.25, -0.2) is 4.79 Å². The number of hydrogen-bond acceptors (Lipinski definition) is 6. The van der Waals surface area contributed by atoms with Gasteiger partial charge >= 0.3 is 5.97 Å². The number of benzene rings is 3. The fourth-order valence-electron chi connectivity index (χ4n) is 4.86. The molecule has 194 valence electrons. The van der Waals surface area contributed by atoms with Crippen LogP contribution >= 0.6 is 0 Å². The van der Waals surface area contributed by atoms with Crippen LogP contribution in [-0.2, 0) is 20.9 Å². The zero-order valence-electron chi connectivity index (χ0n) is 22.0. The van der Waals surface area contributed by atoms with Crippen LogP contribution in [0.3, 0.4) is 0 Å². The minimum absolute atomic E-state index is 0.0332. The molecule has 1 atom stereocenters. The van der Waals surface area contributed by atoms with E-state index < -0.39 is 5.97 Å². The van der Waals surface area contributed by atoms with Gasteiger partial charge in [0.05, 0.1) is 12.0 Å². The third-order valence-electron chi connectivity index (χ3n) is 6.82. The summed E-state index contributed by atoms with van der Waals surface area (Å²) in [5.41, 5.74) is 5.67. The van der Waals surface area contributed by atoms with Crippen molar-refractivity contribution in [3.63, 3.8) is 0 Å². The van der Waals surface area contributed by atoms with Gasteiger partial charge in [-0.05, 0) is 86.5 Å². The first-order valence-electron chi connectivity index (χ1n) is 12.7. The Hall–Kier alpha value is -4.39. The van der Waals surface area contributed by atoms with Crippen molar-refractivity contribution >= 4 is 39.3 Å². The SMILES string of the molecule is CCn1c2ccc(C(=O)c3ccc(OCC4CC=CO4)cc3C)cc2c2cc(/C(C)=N/OC(C)=O)ccc21. The molecule has 1 aliphatic heterocycles. The highest BCUT2D eigenvalue weighted by atomic mass is 16.7. The second kappa shape index (κ2) is 10.5. The molecule has 1 aromatic heterocycles. The Labute approximate surface area is 221 Å². The summed E-state index contributed by atoms with van der Waals surface area (Å²) in [4.78, 5) is 29.6. The fourth-order valence-corrected chi connectivity index (χ4v) is 4.86. The van der Waals surface area contributed by atoms with Crippen molar-refractivity contribution in [3.05, 3.63) is 89.2 Å². The van der Waals surface area contributed by atoms with Gasteiger partial charge in [0.15, 0.2) is 5.78 Å². The number of oxime groups is 1. The quantitative estimate of drug-likeness (QED) is 0.120. The van der Waals surface area contributed by atoms with Gasteiger partial charge in [0, 0.05) is 52.8 Å². The van der Waals surface area contributed by atoms with Crippen LogP contribution in [0, 0.1) is 6.92 Å². The van der Waals surface area contributed by atoms with Crippen LogP contribution in [0.15, 0.2) is 72.1 Å². The summed E-state index contributed by atoms with van der Waals surface area (Å²) in [7, 11) is 0. The lowest BCUT2D eigenvalue weighted by atomic mass is 9.97. The standard InChI is InChI=1S/C31H30N2O5/c1-5-33-29-12-8-22(20(3)32-38-21(4)34)16-27(29)28-17-23(9-13-30(28)33)31(35)26-11-10-24(15-19(26)2)37-18-25-7-6-14-36-25/h6,8-17,25H,5,7,18H2,1-4H3/b32-20+. The molecule has 0 radical (unpaired) electrons. The largest absolute Gasteiger partial charge is 0.494 e. The van der Waals surface area contributed by atoms with Crippen LogP contribution in [0.25, 0.3) is 21.8 Å². The molecule has 4 aromatic rings. The molecule has 0 bridgehead atoms. The summed E-state index contributed by atoms with van der Waals surface area (Å²) < 4.78 is 13.6.